The van der Waals surface area contributed by atoms with Crippen molar-refractivity contribution in [2.45, 2.75) is 44.2 Å². The van der Waals surface area contributed by atoms with Crippen molar-refractivity contribution in [3.8, 4) is 0 Å². The molecule has 3 heteroatoms. The van der Waals surface area contributed by atoms with E-state index in [4.69, 9.17) is 16.0 Å². The summed E-state index contributed by atoms with van der Waals surface area (Å²) < 4.78 is 5.37. The van der Waals surface area contributed by atoms with Crippen molar-refractivity contribution in [3.63, 3.8) is 0 Å². The molecule has 0 bridgehead atoms. The van der Waals surface area contributed by atoms with Crippen LogP contribution < -0.4 is 5.32 Å². The van der Waals surface area contributed by atoms with Crippen LogP contribution in [0.15, 0.2) is 46.9 Å². The van der Waals surface area contributed by atoms with Crippen LogP contribution in [0.3, 0.4) is 0 Å². The largest absolute Gasteiger partial charge is 0.448 e. The summed E-state index contributed by atoms with van der Waals surface area (Å²) in [6.07, 6.45) is 4.99. The second kappa shape index (κ2) is 6.47. The molecule has 0 amide bonds. The molecular weight excluding hydrogens is 270 g/mol. The molecule has 1 saturated carbocycles. The van der Waals surface area contributed by atoms with Gasteiger partial charge in [-0.1, -0.05) is 30.3 Å². The van der Waals surface area contributed by atoms with Crippen molar-refractivity contribution < 1.29 is 4.42 Å². The molecule has 106 valence electrons. The number of hydrogen-bond donors (Lipinski definition) is 1. The van der Waals surface area contributed by atoms with Crippen LogP contribution in [-0.2, 0) is 6.54 Å². The average molecular weight is 290 g/mol. The summed E-state index contributed by atoms with van der Waals surface area (Å²) >= 11 is 5.77. The SMILES string of the molecule is Clc1ccc(CNC2CCC(c3ccccc3)CC2)o1. The van der Waals surface area contributed by atoms with Gasteiger partial charge in [-0.25, -0.2) is 0 Å². The lowest BCUT2D eigenvalue weighted by Gasteiger charge is -2.29. The predicted molar refractivity (Wildman–Crippen MR) is 82.0 cm³/mol. The summed E-state index contributed by atoms with van der Waals surface area (Å²) in [5.41, 5.74) is 1.49. The van der Waals surface area contributed by atoms with Crippen molar-refractivity contribution in [2.24, 2.45) is 0 Å². The highest BCUT2D eigenvalue weighted by molar-refractivity contribution is 6.28. The third-order valence-corrected chi connectivity index (χ3v) is 4.40. The molecule has 1 heterocycles. The van der Waals surface area contributed by atoms with Crippen molar-refractivity contribution in [1.29, 1.82) is 0 Å². The molecule has 3 rings (SSSR count). The van der Waals surface area contributed by atoms with Crippen LogP contribution in [0.2, 0.25) is 5.22 Å². The van der Waals surface area contributed by atoms with Gasteiger partial charge in [0.05, 0.1) is 6.54 Å². The minimum atomic E-state index is 0.467. The van der Waals surface area contributed by atoms with Gasteiger partial charge in [0.15, 0.2) is 5.22 Å². The lowest BCUT2D eigenvalue weighted by molar-refractivity contribution is 0.331. The molecule has 0 radical (unpaired) electrons. The van der Waals surface area contributed by atoms with E-state index in [1.165, 1.54) is 31.2 Å². The van der Waals surface area contributed by atoms with Gasteiger partial charge >= 0.3 is 0 Å². The number of rotatable bonds is 4. The fourth-order valence-electron chi connectivity index (χ4n) is 3.05. The third kappa shape index (κ3) is 3.44. The number of halogens is 1. The molecule has 0 aliphatic heterocycles. The van der Waals surface area contributed by atoms with E-state index in [-0.39, 0.29) is 0 Å². The van der Waals surface area contributed by atoms with Crippen molar-refractivity contribution in [2.75, 3.05) is 0 Å². The topological polar surface area (TPSA) is 25.2 Å². The van der Waals surface area contributed by atoms with Gasteiger partial charge in [0.1, 0.15) is 5.76 Å². The van der Waals surface area contributed by atoms with E-state index >= 15 is 0 Å². The third-order valence-electron chi connectivity index (χ3n) is 4.19. The Kier molecular flexibility index (Phi) is 4.44. The summed E-state index contributed by atoms with van der Waals surface area (Å²) in [6.45, 7) is 0.771. The van der Waals surface area contributed by atoms with Gasteiger partial charge in [-0.2, -0.15) is 0 Å². The Bertz CT molecular complexity index is 529. The monoisotopic (exact) mass is 289 g/mol. The minimum Gasteiger partial charge on any atom is -0.448 e. The van der Waals surface area contributed by atoms with Gasteiger partial charge in [-0.05, 0) is 60.9 Å². The molecule has 0 atom stereocenters. The fraction of sp³-hybridized carbons (Fsp3) is 0.412. The van der Waals surface area contributed by atoms with Crippen LogP contribution in [0.4, 0.5) is 0 Å². The zero-order valence-corrected chi connectivity index (χ0v) is 12.3. The summed E-state index contributed by atoms with van der Waals surface area (Å²) in [5.74, 6) is 1.65. The average Bonchev–Trinajstić information content (AvgIpc) is 2.92. The summed E-state index contributed by atoms with van der Waals surface area (Å²) in [6, 6.07) is 15.2. The molecule has 0 unspecified atom stereocenters. The molecule has 1 aliphatic rings. The number of nitrogens with one attached hydrogen (secondary N) is 1. The van der Waals surface area contributed by atoms with E-state index in [1.807, 2.05) is 6.07 Å². The lowest BCUT2D eigenvalue weighted by Crippen LogP contribution is -2.32. The van der Waals surface area contributed by atoms with Crippen LogP contribution in [0.5, 0.6) is 0 Å². The van der Waals surface area contributed by atoms with Crippen LogP contribution in [0, 0.1) is 0 Å². The van der Waals surface area contributed by atoms with E-state index < -0.39 is 0 Å². The Hall–Kier alpha value is -1.25. The molecule has 1 aromatic carbocycles. The molecule has 0 spiro atoms. The molecule has 2 aromatic rings. The molecular formula is C17H20ClNO. The van der Waals surface area contributed by atoms with E-state index in [0.29, 0.717) is 11.3 Å². The van der Waals surface area contributed by atoms with E-state index in [9.17, 15) is 0 Å². The Labute approximate surface area is 125 Å². The molecule has 1 N–H and O–H groups in total. The van der Waals surface area contributed by atoms with E-state index in [1.54, 1.807) is 6.07 Å². The summed E-state index contributed by atoms with van der Waals surface area (Å²) in [7, 11) is 0. The summed E-state index contributed by atoms with van der Waals surface area (Å²) in [5, 5.41) is 4.04. The maximum atomic E-state index is 5.77. The van der Waals surface area contributed by atoms with Crippen LogP contribution in [0.1, 0.15) is 42.9 Å². The molecule has 1 fully saturated rings. The van der Waals surface area contributed by atoms with Crippen molar-refractivity contribution in [3.05, 3.63) is 59.0 Å². The number of furan rings is 1. The van der Waals surface area contributed by atoms with Crippen molar-refractivity contribution in [1.82, 2.24) is 5.32 Å². The molecule has 0 saturated heterocycles. The highest BCUT2D eigenvalue weighted by Gasteiger charge is 2.21. The van der Waals surface area contributed by atoms with E-state index in [2.05, 4.69) is 35.6 Å². The van der Waals surface area contributed by atoms with Gasteiger partial charge in [-0.15, -0.1) is 0 Å². The van der Waals surface area contributed by atoms with Crippen LogP contribution >= 0.6 is 11.6 Å². The quantitative estimate of drug-likeness (QED) is 0.879. The smallest absolute Gasteiger partial charge is 0.193 e. The first-order valence-electron chi connectivity index (χ1n) is 7.34. The van der Waals surface area contributed by atoms with Gasteiger partial charge in [0.2, 0.25) is 0 Å². The standard InChI is InChI=1S/C17H20ClNO/c18-17-11-10-16(20-17)12-19-15-8-6-14(7-9-15)13-4-2-1-3-5-13/h1-5,10-11,14-15,19H,6-9,12H2. The predicted octanol–water partition coefficient (Wildman–Crippen LogP) is 4.75. The van der Waals surface area contributed by atoms with Gasteiger partial charge in [0.25, 0.3) is 0 Å². The maximum Gasteiger partial charge on any atom is 0.193 e. The molecule has 1 aliphatic carbocycles. The Morgan fingerprint density at radius 3 is 2.40 bits per heavy atom. The zero-order valence-electron chi connectivity index (χ0n) is 11.5. The first kappa shape index (κ1) is 13.7. The molecule has 2 nitrogen and oxygen atoms in total. The fourth-order valence-corrected chi connectivity index (χ4v) is 3.21. The van der Waals surface area contributed by atoms with Gasteiger partial charge < -0.3 is 9.73 Å². The highest BCUT2D eigenvalue weighted by Crippen LogP contribution is 2.32. The first-order valence-corrected chi connectivity index (χ1v) is 7.71. The maximum absolute atomic E-state index is 5.77. The molecule has 20 heavy (non-hydrogen) atoms. The second-order valence-electron chi connectivity index (χ2n) is 5.55. The van der Waals surface area contributed by atoms with Crippen LogP contribution in [-0.4, -0.2) is 6.04 Å². The zero-order chi connectivity index (χ0) is 13.8. The van der Waals surface area contributed by atoms with Gasteiger partial charge in [0, 0.05) is 6.04 Å². The lowest BCUT2D eigenvalue weighted by atomic mass is 9.82. The van der Waals surface area contributed by atoms with Crippen molar-refractivity contribution >= 4 is 11.6 Å². The molecule has 1 aromatic heterocycles. The van der Waals surface area contributed by atoms with E-state index in [0.717, 1.165) is 18.2 Å². The second-order valence-corrected chi connectivity index (χ2v) is 5.92. The first-order chi connectivity index (χ1) is 9.81. The number of benzene rings is 1. The van der Waals surface area contributed by atoms with Gasteiger partial charge in [-0.3, -0.25) is 0 Å². The highest BCUT2D eigenvalue weighted by atomic mass is 35.5. The Morgan fingerprint density at radius 1 is 1.00 bits per heavy atom. The minimum absolute atomic E-state index is 0.467. The summed E-state index contributed by atoms with van der Waals surface area (Å²) in [4.78, 5) is 0. The van der Waals surface area contributed by atoms with Crippen LogP contribution in [0.25, 0.3) is 0 Å². The normalized spacial score (nSPS) is 22.9. The Morgan fingerprint density at radius 2 is 1.75 bits per heavy atom. The number of hydrogen-bond acceptors (Lipinski definition) is 2. The Balaban J connectivity index is 1.47.